The number of nitrogens with zero attached hydrogens (tertiary/aromatic N) is 2. The summed E-state index contributed by atoms with van der Waals surface area (Å²) in [6.07, 6.45) is 0. The van der Waals surface area contributed by atoms with Gasteiger partial charge in [-0.3, -0.25) is 0 Å². The Labute approximate surface area is 77.5 Å². The van der Waals surface area contributed by atoms with Gasteiger partial charge >= 0.3 is 0 Å². The van der Waals surface area contributed by atoms with Crippen LogP contribution in [0.5, 0.6) is 0 Å². The molecule has 0 aliphatic carbocycles. The summed E-state index contributed by atoms with van der Waals surface area (Å²) in [4.78, 5) is 4.12. The SMILES string of the molecule is CCNCc1nc(COCC)no1. The molecule has 1 aromatic rings. The van der Waals surface area contributed by atoms with E-state index >= 15 is 0 Å². The van der Waals surface area contributed by atoms with Crippen molar-refractivity contribution in [2.75, 3.05) is 13.2 Å². The Hall–Kier alpha value is -0.940. The number of hydrogen-bond acceptors (Lipinski definition) is 5. The molecule has 74 valence electrons. The Morgan fingerprint density at radius 3 is 3.00 bits per heavy atom. The minimum absolute atomic E-state index is 0.423. The standard InChI is InChI=1S/C8H15N3O2/c1-3-9-5-8-10-7(11-13-8)6-12-4-2/h9H,3-6H2,1-2H3. The normalized spacial score (nSPS) is 10.6. The van der Waals surface area contributed by atoms with Gasteiger partial charge in [-0.15, -0.1) is 0 Å². The predicted octanol–water partition coefficient (Wildman–Crippen LogP) is 0.716. The molecule has 0 atom stereocenters. The van der Waals surface area contributed by atoms with Crippen LogP contribution in [0.3, 0.4) is 0 Å². The third kappa shape index (κ3) is 3.52. The monoisotopic (exact) mass is 185 g/mol. The number of hydrogen-bond donors (Lipinski definition) is 1. The predicted molar refractivity (Wildman–Crippen MR) is 47.0 cm³/mol. The Balaban J connectivity index is 2.34. The zero-order valence-electron chi connectivity index (χ0n) is 8.04. The van der Waals surface area contributed by atoms with E-state index in [0.717, 1.165) is 6.54 Å². The maximum Gasteiger partial charge on any atom is 0.240 e. The second-order valence-corrected chi connectivity index (χ2v) is 2.52. The van der Waals surface area contributed by atoms with Crippen LogP contribution in [0.15, 0.2) is 4.52 Å². The van der Waals surface area contributed by atoms with E-state index < -0.39 is 0 Å². The van der Waals surface area contributed by atoms with Gasteiger partial charge in [-0.1, -0.05) is 12.1 Å². The highest BCUT2D eigenvalue weighted by atomic mass is 16.5. The van der Waals surface area contributed by atoms with E-state index in [1.54, 1.807) is 0 Å². The van der Waals surface area contributed by atoms with Gasteiger partial charge < -0.3 is 14.6 Å². The molecule has 1 N–H and O–H groups in total. The molecule has 0 bridgehead atoms. The fraction of sp³-hybridized carbons (Fsp3) is 0.750. The third-order valence-electron chi connectivity index (χ3n) is 1.47. The topological polar surface area (TPSA) is 60.2 Å². The summed E-state index contributed by atoms with van der Waals surface area (Å²) in [6, 6.07) is 0. The molecule has 5 heteroatoms. The minimum Gasteiger partial charge on any atom is -0.374 e. The smallest absolute Gasteiger partial charge is 0.240 e. The lowest BCUT2D eigenvalue weighted by molar-refractivity contribution is 0.126. The average molecular weight is 185 g/mol. The molecule has 1 aromatic heterocycles. The first kappa shape index (κ1) is 10.1. The van der Waals surface area contributed by atoms with Crippen LogP contribution >= 0.6 is 0 Å². The van der Waals surface area contributed by atoms with Crippen LogP contribution < -0.4 is 5.32 Å². The van der Waals surface area contributed by atoms with Gasteiger partial charge in [0.25, 0.3) is 0 Å². The van der Waals surface area contributed by atoms with Gasteiger partial charge in [-0.05, 0) is 13.5 Å². The number of ether oxygens (including phenoxy) is 1. The first-order valence-electron chi connectivity index (χ1n) is 4.46. The van der Waals surface area contributed by atoms with E-state index in [1.807, 2.05) is 13.8 Å². The molecular weight excluding hydrogens is 170 g/mol. The zero-order valence-corrected chi connectivity index (χ0v) is 8.04. The molecular formula is C8H15N3O2. The summed E-state index contributed by atoms with van der Waals surface area (Å²) in [5.41, 5.74) is 0. The summed E-state index contributed by atoms with van der Waals surface area (Å²) in [6.45, 7) is 6.55. The summed E-state index contributed by atoms with van der Waals surface area (Å²) in [5.74, 6) is 1.21. The number of aromatic nitrogens is 2. The summed E-state index contributed by atoms with van der Waals surface area (Å²) >= 11 is 0. The lowest BCUT2D eigenvalue weighted by atomic mass is 10.6. The third-order valence-corrected chi connectivity index (χ3v) is 1.47. The molecule has 13 heavy (non-hydrogen) atoms. The van der Waals surface area contributed by atoms with Gasteiger partial charge in [0.05, 0.1) is 6.54 Å². The van der Waals surface area contributed by atoms with Crippen LogP contribution in [0.2, 0.25) is 0 Å². The van der Waals surface area contributed by atoms with Gasteiger partial charge in [0.2, 0.25) is 5.89 Å². The Bertz CT molecular complexity index is 215. The van der Waals surface area contributed by atoms with E-state index in [1.165, 1.54) is 0 Å². The molecule has 0 unspecified atom stereocenters. The molecule has 0 amide bonds. The summed E-state index contributed by atoms with van der Waals surface area (Å²) in [7, 11) is 0. The van der Waals surface area contributed by atoms with E-state index in [4.69, 9.17) is 9.26 Å². The van der Waals surface area contributed by atoms with Crippen molar-refractivity contribution in [1.82, 2.24) is 15.5 Å². The second kappa shape index (κ2) is 5.66. The number of rotatable bonds is 6. The highest BCUT2D eigenvalue weighted by molar-refractivity contribution is 4.83. The summed E-state index contributed by atoms with van der Waals surface area (Å²) < 4.78 is 10.1. The minimum atomic E-state index is 0.423. The van der Waals surface area contributed by atoms with Crippen LogP contribution in [0.25, 0.3) is 0 Å². The first-order chi connectivity index (χ1) is 6.36. The molecule has 0 spiro atoms. The molecule has 1 rings (SSSR count). The van der Waals surface area contributed by atoms with Crippen LogP contribution in [-0.4, -0.2) is 23.3 Å². The zero-order chi connectivity index (χ0) is 9.52. The van der Waals surface area contributed by atoms with Crippen molar-refractivity contribution >= 4 is 0 Å². The van der Waals surface area contributed by atoms with Crippen LogP contribution in [0, 0.1) is 0 Å². The van der Waals surface area contributed by atoms with Gasteiger partial charge in [0.15, 0.2) is 5.82 Å². The molecule has 0 fully saturated rings. The van der Waals surface area contributed by atoms with Gasteiger partial charge in [-0.2, -0.15) is 4.98 Å². The van der Waals surface area contributed by atoms with Crippen molar-refractivity contribution < 1.29 is 9.26 Å². The molecule has 0 aromatic carbocycles. The average Bonchev–Trinajstić information content (AvgIpc) is 2.59. The molecule has 0 saturated heterocycles. The maximum atomic E-state index is 5.13. The van der Waals surface area contributed by atoms with Crippen LogP contribution in [0.4, 0.5) is 0 Å². The van der Waals surface area contributed by atoms with Gasteiger partial charge in [-0.25, -0.2) is 0 Å². The van der Waals surface area contributed by atoms with Crippen molar-refractivity contribution in [3.8, 4) is 0 Å². The molecule has 1 heterocycles. The van der Waals surface area contributed by atoms with Crippen molar-refractivity contribution in [2.24, 2.45) is 0 Å². The fourth-order valence-corrected chi connectivity index (χ4v) is 0.846. The van der Waals surface area contributed by atoms with Crippen molar-refractivity contribution in [3.63, 3.8) is 0 Å². The van der Waals surface area contributed by atoms with Crippen molar-refractivity contribution in [3.05, 3.63) is 11.7 Å². The lowest BCUT2D eigenvalue weighted by Crippen LogP contribution is -2.11. The quantitative estimate of drug-likeness (QED) is 0.707. The van der Waals surface area contributed by atoms with Crippen LogP contribution in [-0.2, 0) is 17.9 Å². The highest BCUT2D eigenvalue weighted by Crippen LogP contribution is 1.98. The second-order valence-electron chi connectivity index (χ2n) is 2.52. The molecule has 0 radical (unpaired) electrons. The first-order valence-corrected chi connectivity index (χ1v) is 4.46. The van der Waals surface area contributed by atoms with E-state index in [-0.39, 0.29) is 0 Å². The Morgan fingerprint density at radius 1 is 1.46 bits per heavy atom. The molecule has 0 aliphatic rings. The van der Waals surface area contributed by atoms with E-state index in [0.29, 0.717) is 31.5 Å². The lowest BCUT2D eigenvalue weighted by Gasteiger charge is -1.93. The largest absolute Gasteiger partial charge is 0.374 e. The van der Waals surface area contributed by atoms with Crippen molar-refractivity contribution in [1.29, 1.82) is 0 Å². The molecule has 0 saturated carbocycles. The molecule has 0 aliphatic heterocycles. The Morgan fingerprint density at radius 2 is 2.31 bits per heavy atom. The summed E-state index contributed by atoms with van der Waals surface area (Å²) in [5, 5.41) is 6.85. The van der Waals surface area contributed by atoms with E-state index in [9.17, 15) is 0 Å². The Kier molecular flexibility index (Phi) is 4.42. The maximum absolute atomic E-state index is 5.13. The van der Waals surface area contributed by atoms with Crippen LogP contribution in [0.1, 0.15) is 25.6 Å². The van der Waals surface area contributed by atoms with Crippen molar-refractivity contribution in [2.45, 2.75) is 27.0 Å². The van der Waals surface area contributed by atoms with Gasteiger partial charge in [0.1, 0.15) is 6.61 Å². The number of nitrogens with one attached hydrogen (secondary N) is 1. The van der Waals surface area contributed by atoms with Gasteiger partial charge in [0, 0.05) is 6.61 Å². The highest BCUT2D eigenvalue weighted by Gasteiger charge is 2.04. The van der Waals surface area contributed by atoms with E-state index in [2.05, 4.69) is 15.5 Å². The fourth-order valence-electron chi connectivity index (χ4n) is 0.846. The molecule has 5 nitrogen and oxygen atoms in total.